The highest BCUT2D eigenvalue weighted by molar-refractivity contribution is 7.07. The Labute approximate surface area is 105 Å². The third-order valence-corrected chi connectivity index (χ3v) is 3.01. The molecule has 86 valence electrons. The van der Waals surface area contributed by atoms with Gasteiger partial charge in [-0.1, -0.05) is 30.3 Å². The molecule has 0 aliphatic rings. The second kappa shape index (κ2) is 6.01. The monoisotopic (exact) mass is 243 g/mol. The van der Waals surface area contributed by atoms with Gasteiger partial charge in [-0.05, 0) is 34.0 Å². The standard InChI is InChI=1S/C14H13NOS/c16-14(15-10-13-8-9-17-11-13)7-6-12-4-2-1-3-5-12/h1-9,11H,10H2,(H,15,16)/b7-6+. The van der Waals surface area contributed by atoms with Gasteiger partial charge in [0.1, 0.15) is 0 Å². The molecular formula is C14H13NOS. The second-order valence-electron chi connectivity index (χ2n) is 3.59. The molecule has 0 spiro atoms. The van der Waals surface area contributed by atoms with Crippen molar-refractivity contribution in [3.05, 3.63) is 64.4 Å². The first-order valence-corrected chi connectivity index (χ1v) is 6.31. The lowest BCUT2D eigenvalue weighted by molar-refractivity contribution is -0.116. The van der Waals surface area contributed by atoms with Crippen LogP contribution < -0.4 is 5.32 Å². The molecular weight excluding hydrogens is 230 g/mol. The van der Waals surface area contributed by atoms with Gasteiger partial charge in [-0.3, -0.25) is 4.79 Å². The van der Waals surface area contributed by atoms with E-state index in [1.54, 1.807) is 17.4 Å². The zero-order valence-corrected chi connectivity index (χ0v) is 10.1. The predicted octanol–water partition coefficient (Wildman–Crippen LogP) is 3.08. The van der Waals surface area contributed by atoms with Crippen molar-refractivity contribution in [1.29, 1.82) is 0 Å². The quantitative estimate of drug-likeness (QED) is 0.821. The van der Waals surface area contributed by atoms with Crippen LogP contribution in [0.25, 0.3) is 6.08 Å². The van der Waals surface area contributed by atoms with Gasteiger partial charge in [0.2, 0.25) is 5.91 Å². The lowest BCUT2D eigenvalue weighted by atomic mass is 10.2. The number of carbonyl (C=O) groups is 1. The maximum Gasteiger partial charge on any atom is 0.244 e. The molecule has 3 heteroatoms. The van der Waals surface area contributed by atoms with Crippen LogP contribution in [0, 0.1) is 0 Å². The van der Waals surface area contributed by atoms with Gasteiger partial charge in [-0.25, -0.2) is 0 Å². The Balaban J connectivity index is 1.83. The number of carbonyl (C=O) groups excluding carboxylic acids is 1. The van der Waals surface area contributed by atoms with Crippen molar-refractivity contribution in [2.24, 2.45) is 0 Å². The Bertz CT molecular complexity index is 488. The summed E-state index contributed by atoms with van der Waals surface area (Å²) in [7, 11) is 0. The first-order chi connectivity index (χ1) is 8.34. The van der Waals surface area contributed by atoms with Crippen LogP contribution in [0.5, 0.6) is 0 Å². The average Bonchev–Trinajstić information content (AvgIpc) is 2.88. The normalized spacial score (nSPS) is 10.6. The van der Waals surface area contributed by atoms with Crippen LogP contribution in [-0.2, 0) is 11.3 Å². The number of hydrogen-bond acceptors (Lipinski definition) is 2. The van der Waals surface area contributed by atoms with Gasteiger partial charge in [0, 0.05) is 12.6 Å². The molecule has 1 heterocycles. The SMILES string of the molecule is O=C(/C=C/c1ccccc1)NCc1ccsc1. The number of hydrogen-bond donors (Lipinski definition) is 1. The highest BCUT2D eigenvalue weighted by Crippen LogP contribution is 2.05. The van der Waals surface area contributed by atoms with Crippen molar-refractivity contribution in [3.8, 4) is 0 Å². The van der Waals surface area contributed by atoms with E-state index in [0.29, 0.717) is 6.54 Å². The number of nitrogens with one attached hydrogen (secondary N) is 1. The Hall–Kier alpha value is -1.87. The summed E-state index contributed by atoms with van der Waals surface area (Å²) in [5, 5.41) is 6.87. The molecule has 1 amide bonds. The molecule has 2 rings (SSSR count). The van der Waals surface area contributed by atoms with E-state index in [2.05, 4.69) is 5.32 Å². The van der Waals surface area contributed by atoms with Crippen molar-refractivity contribution in [2.75, 3.05) is 0 Å². The molecule has 0 radical (unpaired) electrons. The van der Waals surface area contributed by atoms with Gasteiger partial charge in [-0.2, -0.15) is 11.3 Å². The molecule has 0 aliphatic heterocycles. The highest BCUT2D eigenvalue weighted by Gasteiger charge is 1.96. The maximum absolute atomic E-state index is 11.5. The van der Waals surface area contributed by atoms with E-state index in [-0.39, 0.29) is 5.91 Å². The van der Waals surface area contributed by atoms with Gasteiger partial charge >= 0.3 is 0 Å². The van der Waals surface area contributed by atoms with E-state index in [4.69, 9.17) is 0 Å². The van der Waals surface area contributed by atoms with Crippen molar-refractivity contribution < 1.29 is 4.79 Å². The molecule has 0 aliphatic carbocycles. The Morgan fingerprint density at radius 3 is 2.76 bits per heavy atom. The molecule has 0 fully saturated rings. The fraction of sp³-hybridized carbons (Fsp3) is 0.0714. The summed E-state index contributed by atoms with van der Waals surface area (Å²) in [5.74, 6) is -0.0694. The fourth-order valence-electron chi connectivity index (χ4n) is 1.38. The van der Waals surface area contributed by atoms with Gasteiger partial charge < -0.3 is 5.32 Å². The smallest absolute Gasteiger partial charge is 0.244 e. The molecule has 0 saturated carbocycles. The maximum atomic E-state index is 11.5. The number of rotatable bonds is 4. The van der Waals surface area contributed by atoms with Crippen LogP contribution in [0.15, 0.2) is 53.2 Å². The zero-order valence-electron chi connectivity index (χ0n) is 9.30. The summed E-state index contributed by atoms with van der Waals surface area (Å²) in [6.07, 6.45) is 3.37. The predicted molar refractivity (Wildman–Crippen MR) is 71.6 cm³/mol. The summed E-state index contributed by atoms with van der Waals surface area (Å²) in [6.45, 7) is 0.585. The van der Waals surface area contributed by atoms with E-state index in [9.17, 15) is 4.79 Å². The highest BCUT2D eigenvalue weighted by atomic mass is 32.1. The van der Waals surface area contributed by atoms with Gasteiger partial charge in [0.15, 0.2) is 0 Å². The minimum atomic E-state index is -0.0694. The first kappa shape index (κ1) is 11.6. The Morgan fingerprint density at radius 1 is 1.24 bits per heavy atom. The lowest BCUT2D eigenvalue weighted by Gasteiger charge is -1.99. The molecule has 1 N–H and O–H groups in total. The Kier molecular flexibility index (Phi) is 4.11. The Morgan fingerprint density at radius 2 is 2.06 bits per heavy atom. The second-order valence-corrected chi connectivity index (χ2v) is 4.37. The average molecular weight is 243 g/mol. The molecule has 0 unspecified atom stereocenters. The summed E-state index contributed by atoms with van der Waals surface area (Å²) in [6, 6.07) is 11.8. The first-order valence-electron chi connectivity index (χ1n) is 5.36. The number of amides is 1. The molecule has 1 aromatic carbocycles. The van der Waals surface area contributed by atoms with Crippen molar-refractivity contribution >= 4 is 23.3 Å². The van der Waals surface area contributed by atoms with Crippen LogP contribution >= 0.6 is 11.3 Å². The molecule has 0 saturated heterocycles. The fourth-order valence-corrected chi connectivity index (χ4v) is 2.05. The summed E-state index contributed by atoms with van der Waals surface area (Å²) in [4.78, 5) is 11.5. The van der Waals surface area contributed by atoms with Gasteiger partial charge in [-0.15, -0.1) is 0 Å². The van der Waals surface area contributed by atoms with Crippen LogP contribution in [0.2, 0.25) is 0 Å². The molecule has 1 aromatic heterocycles. The minimum Gasteiger partial charge on any atom is -0.348 e. The number of thiophene rings is 1. The zero-order chi connectivity index (χ0) is 11.9. The third kappa shape index (κ3) is 3.89. The van der Waals surface area contributed by atoms with Crippen molar-refractivity contribution in [3.63, 3.8) is 0 Å². The number of benzene rings is 1. The summed E-state index contributed by atoms with van der Waals surface area (Å²) >= 11 is 1.63. The largest absolute Gasteiger partial charge is 0.348 e. The van der Waals surface area contributed by atoms with E-state index in [1.807, 2.05) is 53.2 Å². The van der Waals surface area contributed by atoms with Gasteiger partial charge in [0.25, 0.3) is 0 Å². The summed E-state index contributed by atoms with van der Waals surface area (Å²) < 4.78 is 0. The third-order valence-electron chi connectivity index (χ3n) is 2.27. The van der Waals surface area contributed by atoms with Crippen LogP contribution in [-0.4, -0.2) is 5.91 Å². The summed E-state index contributed by atoms with van der Waals surface area (Å²) in [5.41, 5.74) is 2.16. The van der Waals surface area contributed by atoms with E-state index in [1.165, 1.54) is 0 Å². The minimum absolute atomic E-state index is 0.0694. The van der Waals surface area contributed by atoms with E-state index in [0.717, 1.165) is 11.1 Å². The van der Waals surface area contributed by atoms with Crippen molar-refractivity contribution in [2.45, 2.75) is 6.54 Å². The topological polar surface area (TPSA) is 29.1 Å². The molecule has 0 atom stereocenters. The van der Waals surface area contributed by atoms with Crippen LogP contribution in [0.3, 0.4) is 0 Å². The van der Waals surface area contributed by atoms with Crippen LogP contribution in [0.1, 0.15) is 11.1 Å². The van der Waals surface area contributed by atoms with E-state index >= 15 is 0 Å². The van der Waals surface area contributed by atoms with E-state index < -0.39 is 0 Å². The molecule has 2 aromatic rings. The van der Waals surface area contributed by atoms with Crippen molar-refractivity contribution in [1.82, 2.24) is 5.32 Å². The molecule has 17 heavy (non-hydrogen) atoms. The lowest BCUT2D eigenvalue weighted by Crippen LogP contribution is -2.19. The van der Waals surface area contributed by atoms with Crippen LogP contribution in [0.4, 0.5) is 0 Å². The van der Waals surface area contributed by atoms with Gasteiger partial charge in [0.05, 0.1) is 0 Å². The molecule has 2 nitrogen and oxygen atoms in total. The molecule has 0 bridgehead atoms.